The number of halogens is 2. The highest BCUT2D eigenvalue weighted by Crippen LogP contribution is 2.19. The van der Waals surface area contributed by atoms with Crippen LogP contribution in [0.2, 0.25) is 0 Å². The fraction of sp³-hybridized carbons (Fsp3) is 0.364. The molecule has 0 fully saturated rings. The van der Waals surface area contributed by atoms with Gasteiger partial charge in [-0.3, -0.25) is 4.79 Å². The highest BCUT2D eigenvalue weighted by atomic mass is 127. The number of hydrogen-bond acceptors (Lipinski definition) is 2. The highest BCUT2D eigenvalue weighted by Gasteiger charge is 2.12. The Bertz CT molecular complexity index is 384. The van der Waals surface area contributed by atoms with Crippen LogP contribution in [0.25, 0.3) is 0 Å². The van der Waals surface area contributed by atoms with Crippen LogP contribution >= 0.6 is 34.2 Å². The van der Waals surface area contributed by atoms with Crippen molar-refractivity contribution in [3.63, 3.8) is 0 Å². The second-order valence-corrected chi connectivity index (χ2v) is 5.19. The molecule has 3 nitrogen and oxygen atoms in total. The average molecular weight is 354 g/mol. The fourth-order valence-electron chi connectivity index (χ4n) is 1.11. The molecule has 1 atom stereocenters. The molecule has 0 saturated heterocycles. The van der Waals surface area contributed by atoms with Gasteiger partial charge in [0.1, 0.15) is 5.75 Å². The van der Waals surface area contributed by atoms with Gasteiger partial charge in [0.25, 0.3) is 5.91 Å². The Labute approximate surface area is 113 Å². The molecule has 1 aromatic carbocycles. The van der Waals surface area contributed by atoms with Crippen molar-refractivity contribution in [2.75, 3.05) is 12.4 Å². The molecule has 2 N–H and O–H groups in total. The summed E-state index contributed by atoms with van der Waals surface area (Å²) < 4.78 is 0.908. The van der Waals surface area contributed by atoms with Gasteiger partial charge in [-0.05, 0) is 46.7 Å². The number of phenols is 1. The van der Waals surface area contributed by atoms with E-state index >= 15 is 0 Å². The van der Waals surface area contributed by atoms with Gasteiger partial charge in [-0.25, -0.2) is 0 Å². The molecular weight excluding hydrogens is 340 g/mol. The zero-order chi connectivity index (χ0) is 12.1. The zero-order valence-corrected chi connectivity index (χ0v) is 11.7. The van der Waals surface area contributed by atoms with E-state index in [0.717, 1.165) is 3.57 Å². The lowest BCUT2D eigenvalue weighted by Crippen LogP contribution is -2.28. The number of carbonyl (C=O) groups is 1. The molecule has 0 bridgehead atoms. The Hall–Kier alpha value is -0.490. The molecule has 0 heterocycles. The van der Waals surface area contributed by atoms with Crippen molar-refractivity contribution >= 4 is 40.1 Å². The number of carbonyl (C=O) groups excluding carboxylic acids is 1. The number of aromatic hydroxyl groups is 1. The van der Waals surface area contributed by atoms with E-state index in [4.69, 9.17) is 11.6 Å². The van der Waals surface area contributed by atoms with E-state index in [2.05, 4.69) is 27.9 Å². The Morgan fingerprint density at radius 3 is 2.94 bits per heavy atom. The smallest absolute Gasteiger partial charge is 0.255 e. The summed E-state index contributed by atoms with van der Waals surface area (Å²) in [5, 5.41) is 12.3. The molecule has 1 amide bonds. The molecule has 0 radical (unpaired) electrons. The van der Waals surface area contributed by atoms with Gasteiger partial charge < -0.3 is 10.4 Å². The molecule has 1 rings (SSSR count). The first kappa shape index (κ1) is 13.6. The normalized spacial score (nSPS) is 12.2. The van der Waals surface area contributed by atoms with Crippen molar-refractivity contribution in [3.8, 4) is 5.75 Å². The maximum Gasteiger partial charge on any atom is 0.255 e. The fourth-order valence-corrected chi connectivity index (χ4v) is 1.71. The predicted molar refractivity (Wildman–Crippen MR) is 73.0 cm³/mol. The number of amides is 1. The first-order valence-electron chi connectivity index (χ1n) is 4.87. The van der Waals surface area contributed by atoms with Crippen LogP contribution in [-0.2, 0) is 0 Å². The van der Waals surface area contributed by atoms with Crippen molar-refractivity contribution < 1.29 is 9.90 Å². The lowest BCUT2D eigenvalue weighted by molar-refractivity contribution is 0.0946. The summed E-state index contributed by atoms with van der Waals surface area (Å²) in [6, 6.07) is 4.91. The number of nitrogens with one attached hydrogen (secondary N) is 1. The molecule has 0 spiro atoms. The third kappa shape index (κ3) is 3.83. The number of alkyl halides is 1. The van der Waals surface area contributed by atoms with Crippen molar-refractivity contribution in [2.24, 2.45) is 5.92 Å². The standard InChI is InChI=1S/C11H13ClINO2/c1-7(5-12)6-14-11(16)9-4-8(13)2-3-10(9)15/h2-4,7,15H,5-6H2,1H3,(H,14,16). The van der Waals surface area contributed by atoms with Crippen molar-refractivity contribution in [2.45, 2.75) is 6.92 Å². The zero-order valence-electron chi connectivity index (χ0n) is 8.84. The molecule has 1 unspecified atom stereocenters. The van der Waals surface area contributed by atoms with E-state index in [-0.39, 0.29) is 17.6 Å². The van der Waals surface area contributed by atoms with E-state index in [9.17, 15) is 9.90 Å². The summed E-state index contributed by atoms with van der Waals surface area (Å²) in [6.07, 6.45) is 0. The van der Waals surface area contributed by atoms with Crippen molar-refractivity contribution in [3.05, 3.63) is 27.3 Å². The highest BCUT2D eigenvalue weighted by molar-refractivity contribution is 14.1. The Balaban J connectivity index is 2.69. The summed E-state index contributed by atoms with van der Waals surface area (Å²) in [6.45, 7) is 2.45. The minimum absolute atomic E-state index is 0.00329. The van der Waals surface area contributed by atoms with Gasteiger partial charge in [0.05, 0.1) is 5.56 Å². The molecular formula is C11H13ClINO2. The van der Waals surface area contributed by atoms with E-state index in [0.29, 0.717) is 18.0 Å². The third-order valence-electron chi connectivity index (χ3n) is 2.08. The summed E-state index contributed by atoms with van der Waals surface area (Å²) >= 11 is 7.73. The van der Waals surface area contributed by atoms with E-state index in [1.165, 1.54) is 6.07 Å². The lowest BCUT2D eigenvalue weighted by atomic mass is 10.1. The predicted octanol–water partition coefficient (Wildman–Crippen LogP) is 2.60. The van der Waals surface area contributed by atoms with Crippen LogP contribution < -0.4 is 5.32 Å². The largest absolute Gasteiger partial charge is 0.507 e. The van der Waals surface area contributed by atoms with Gasteiger partial charge >= 0.3 is 0 Å². The van der Waals surface area contributed by atoms with Gasteiger partial charge in [0.15, 0.2) is 0 Å². The van der Waals surface area contributed by atoms with E-state index < -0.39 is 0 Å². The van der Waals surface area contributed by atoms with E-state index in [1.807, 2.05) is 6.92 Å². The first-order valence-corrected chi connectivity index (χ1v) is 6.48. The number of hydrogen-bond donors (Lipinski definition) is 2. The monoisotopic (exact) mass is 353 g/mol. The van der Waals surface area contributed by atoms with Crippen LogP contribution in [0.3, 0.4) is 0 Å². The van der Waals surface area contributed by atoms with Gasteiger partial charge in [-0.1, -0.05) is 6.92 Å². The van der Waals surface area contributed by atoms with Crippen LogP contribution in [-0.4, -0.2) is 23.4 Å². The summed E-state index contributed by atoms with van der Waals surface area (Å²) in [5.41, 5.74) is 0.300. The minimum Gasteiger partial charge on any atom is -0.507 e. The summed E-state index contributed by atoms with van der Waals surface area (Å²) in [7, 11) is 0. The Morgan fingerprint density at radius 2 is 2.31 bits per heavy atom. The molecule has 88 valence electrons. The first-order chi connectivity index (χ1) is 7.54. The molecule has 0 aliphatic rings. The number of benzene rings is 1. The second-order valence-electron chi connectivity index (χ2n) is 3.63. The Morgan fingerprint density at radius 1 is 1.62 bits per heavy atom. The van der Waals surface area contributed by atoms with Crippen LogP contribution in [0.15, 0.2) is 18.2 Å². The molecule has 0 aliphatic carbocycles. The van der Waals surface area contributed by atoms with Gasteiger partial charge in [0, 0.05) is 16.0 Å². The van der Waals surface area contributed by atoms with Crippen LogP contribution in [0.4, 0.5) is 0 Å². The molecule has 0 aliphatic heterocycles. The molecule has 1 aromatic rings. The maximum absolute atomic E-state index is 11.7. The number of rotatable bonds is 4. The number of phenolic OH excluding ortho intramolecular Hbond substituents is 1. The minimum atomic E-state index is -0.270. The van der Waals surface area contributed by atoms with Crippen molar-refractivity contribution in [1.82, 2.24) is 5.32 Å². The molecule has 0 saturated carbocycles. The topological polar surface area (TPSA) is 49.3 Å². The Kier molecular flexibility index (Phi) is 5.34. The molecule has 0 aromatic heterocycles. The molecule has 16 heavy (non-hydrogen) atoms. The SMILES string of the molecule is CC(CCl)CNC(=O)c1cc(I)ccc1O. The second kappa shape index (κ2) is 6.30. The van der Waals surface area contributed by atoms with Crippen LogP contribution in [0, 0.1) is 9.49 Å². The lowest BCUT2D eigenvalue weighted by Gasteiger charge is -2.10. The van der Waals surface area contributed by atoms with Gasteiger partial charge in [-0.2, -0.15) is 0 Å². The maximum atomic E-state index is 11.7. The molecule has 5 heteroatoms. The summed E-state index contributed by atoms with van der Waals surface area (Å²) in [5.74, 6) is 0.443. The van der Waals surface area contributed by atoms with Crippen molar-refractivity contribution in [1.29, 1.82) is 0 Å². The quantitative estimate of drug-likeness (QED) is 0.646. The third-order valence-corrected chi connectivity index (χ3v) is 3.28. The van der Waals surface area contributed by atoms with E-state index in [1.54, 1.807) is 12.1 Å². The van der Waals surface area contributed by atoms with Gasteiger partial charge in [-0.15, -0.1) is 11.6 Å². The van der Waals surface area contributed by atoms with Crippen LogP contribution in [0.5, 0.6) is 5.75 Å². The average Bonchev–Trinajstić information content (AvgIpc) is 2.28. The van der Waals surface area contributed by atoms with Crippen LogP contribution in [0.1, 0.15) is 17.3 Å². The summed E-state index contributed by atoms with van der Waals surface area (Å²) in [4.78, 5) is 11.7. The van der Waals surface area contributed by atoms with Gasteiger partial charge in [0.2, 0.25) is 0 Å².